The van der Waals surface area contributed by atoms with E-state index >= 15 is 0 Å². The van der Waals surface area contributed by atoms with Gasteiger partial charge in [-0.1, -0.05) is 13.0 Å². The summed E-state index contributed by atoms with van der Waals surface area (Å²) < 4.78 is 11.2. The predicted molar refractivity (Wildman–Crippen MR) is 127 cm³/mol. The second kappa shape index (κ2) is 11.0. The number of carbonyl (C=O) groups excluding carboxylic acids is 1. The molecule has 4 rings (SSSR count). The van der Waals surface area contributed by atoms with E-state index in [-0.39, 0.29) is 5.91 Å². The Morgan fingerprint density at radius 1 is 1.15 bits per heavy atom. The van der Waals surface area contributed by atoms with Crippen molar-refractivity contribution >= 4 is 5.91 Å². The van der Waals surface area contributed by atoms with Crippen molar-refractivity contribution in [2.75, 3.05) is 13.7 Å². The third-order valence-electron chi connectivity index (χ3n) is 6.46. The molecule has 3 aromatic rings. The van der Waals surface area contributed by atoms with Crippen LogP contribution in [0.2, 0.25) is 0 Å². The van der Waals surface area contributed by atoms with Gasteiger partial charge in [-0.25, -0.2) is 0 Å². The van der Waals surface area contributed by atoms with Crippen LogP contribution < -0.4 is 14.8 Å². The average molecular weight is 449 g/mol. The molecule has 0 spiro atoms. The minimum absolute atomic E-state index is 0.0593. The number of methoxy groups -OCH3 is 1. The maximum absolute atomic E-state index is 12.7. The molecule has 0 unspecified atom stereocenters. The number of pyridine rings is 1. The molecule has 2 aromatic heterocycles. The molecule has 0 radical (unpaired) electrons. The lowest BCUT2D eigenvalue weighted by Gasteiger charge is -2.29. The van der Waals surface area contributed by atoms with E-state index in [0.29, 0.717) is 36.3 Å². The van der Waals surface area contributed by atoms with Crippen molar-refractivity contribution < 1.29 is 14.3 Å². The molecule has 0 bridgehead atoms. The summed E-state index contributed by atoms with van der Waals surface area (Å²) >= 11 is 0. The van der Waals surface area contributed by atoms with Gasteiger partial charge in [0, 0.05) is 42.2 Å². The summed E-state index contributed by atoms with van der Waals surface area (Å²) in [5.41, 5.74) is 3.51. The SMILES string of the molecule is CC[C@@H](Oc1cccc(OC)c1)C(=O)NCC1CCC(c2[nH]ncc2-c2ccncc2)CC1. The zero-order valence-corrected chi connectivity index (χ0v) is 19.3. The van der Waals surface area contributed by atoms with E-state index in [1.165, 1.54) is 5.69 Å². The number of carbonyl (C=O) groups is 1. The molecule has 1 saturated carbocycles. The number of ether oxygens (including phenoxy) is 2. The lowest BCUT2D eigenvalue weighted by Crippen LogP contribution is -2.40. The maximum Gasteiger partial charge on any atom is 0.261 e. The maximum atomic E-state index is 12.7. The van der Waals surface area contributed by atoms with E-state index in [9.17, 15) is 4.79 Å². The number of amides is 1. The minimum Gasteiger partial charge on any atom is -0.497 e. The lowest BCUT2D eigenvalue weighted by molar-refractivity contribution is -0.128. The topological polar surface area (TPSA) is 89.1 Å². The zero-order valence-electron chi connectivity index (χ0n) is 19.3. The van der Waals surface area contributed by atoms with Crippen LogP contribution in [0, 0.1) is 5.92 Å². The van der Waals surface area contributed by atoms with Gasteiger partial charge in [-0.2, -0.15) is 5.10 Å². The molecule has 0 aliphatic heterocycles. The molecule has 7 nitrogen and oxygen atoms in total. The summed E-state index contributed by atoms with van der Waals surface area (Å²) in [5, 5.41) is 10.6. The van der Waals surface area contributed by atoms with E-state index in [0.717, 1.165) is 36.8 Å². The summed E-state index contributed by atoms with van der Waals surface area (Å²) in [6.07, 6.45) is 9.94. The minimum atomic E-state index is -0.513. The summed E-state index contributed by atoms with van der Waals surface area (Å²) in [6, 6.07) is 11.4. The van der Waals surface area contributed by atoms with Crippen molar-refractivity contribution in [2.24, 2.45) is 5.92 Å². The fraction of sp³-hybridized carbons (Fsp3) is 0.423. The molecule has 0 saturated heterocycles. The van der Waals surface area contributed by atoms with Gasteiger partial charge in [-0.05, 0) is 67.9 Å². The number of nitrogens with zero attached hydrogens (tertiary/aromatic N) is 2. The summed E-state index contributed by atoms with van der Waals surface area (Å²) in [6.45, 7) is 2.64. The van der Waals surface area contributed by atoms with Crippen molar-refractivity contribution in [3.8, 4) is 22.6 Å². The Morgan fingerprint density at radius 2 is 1.91 bits per heavy atom. The summed E-state index contributed by atoms with van der Waals surface area (Å²) in [7, 11) is 1.62. The van der Waals surface area contributed by atoms with Crippen molar-refractivity contribution in [3.05, 3.63) is 60.7 Å². The molecule has 33 heavy (non-hydrogen) atoms. The van der Waals surface area contributed by atoms with Crippen LogP contribution in [0.15, 0.2) is 55.0 Å². The number of hydrogen-bond acceptors (Lipinski definition) is 5. The molecular formula is C26H32N4O3. The van der Waals surface area contributed by atoms with Crippen LogP contribution in [0.5, 0.6) is 11.5 Å². The highest BCUT2D eigenvalue weighted by atomic mass is 16.5. The van der Waals surface area contributed by atoms with Crippen molar-refractivity contribution in [1.82, 2.24) is 20.5 Å². The van der Waals surface area contributed by atoms with Gasteiger partial charge in [0.1, 0.15) is 11.5 Å². The lowest BCUT2D eigenvalue weighted by atomic mass is 9.79. The highest BCUT2D eigenvalue weighted by Crippen LogP contribution is 2.38. The molecule has 1 aliphatic carbocycles. The summed E-state index contributed by atoms with van der Waals surface area (Å²) in [4.78, 5) is 16.9. The van der Waals surface area contributed by atoms with E-state index in [1.807, 2.05) is 55.8 Å². The van der Waals surface area contributed by atoms with E-state index in [4.69, 9.17) is 9.47 Å². The molecule has 1 aliphatic rings. The first-order valence-corrected chi connectivity index (χ1v) is 11.7. The molecule has 7 heteroatoms. The molecule has 2 heterocycles. The van der Waals surface area contributed by atoms with E-state index in [2.05, 4.69) is 20.5 Å². The van der Waals surface area contributed by atoms with Gasteiger partial charge in [-0.15, -0.1) is 0 Å². The van der Waals surface area contributed by atoms with Crippen LogP contribution in [0.25, 0.3) is 11.1 Å². The number of rotatable bonds is 9. The first-order chi connectivity index (χ1) is 16.2. The Kier molecular flexibility index (Phi) is 7.60. The van der Waals surface area contributed by atoms with Crippen molar-refractivity contribution in [3.63, 3.8) is 0 Å². The third-order valence-corrected chi connectivity index (χ3v) is 6.46. The highest BCUT2D eigenvalue weighted by Gasteiger charge is 2.27. The fourth-order valence-electron chi connectivity index (χ4n) is 4.54. The molecule has 1 atom stereocenters. The average Bonchev–Trinajstić information content (AvgIpc) is 3.37. The molecule has 1 aromatic carbocycles. The van der Waals surface area contributed by atoms with Gasteiger partial charge >= 0.3 is 0 Å². The Morgan fingerprint density at radius 3 is 2.64 bits per heavy atom. The highest BCUT2D eigenvalue weighted by molar-refractivity contribution is 5.81. The second-order valence-corrected chi connectivity index (χ2v) is 8.59. The molecule has 2 N–H and O–H groups in total. The normalized spacial score (nSPS) is 19.0. The second-order valence-electron chi connectivity index (χ2n) is 8.59. The molecule has 174 valence electrons. The number of aromatic nitrogens is 3. The van der Waals surface area contributed by atoms with Gasteiger partial charge < -0.3 is 14.8 Å². The summed E-state index contributed by atoms with van der Waals surface area (Å²) in [5.74, 6) is 2.23. The number of aromatic amines is 1. The quantitative estimate of drug-likeness (QED) is 0.494. The van der Waals surface area contributed by atoms with Crippen LogP contribution in [0.4, 0.5) is 0 Å². The Labute approximate surface area is 194 Å². The van der Waals surface area contributed by atoms with Crippen molar-refractivity contribution in [1.29, 1.82) is 0 Å². The van der Waals surface area contributed by atoms with E-state index in [1.54, 1.807) is 13.2 Å². The molecule has 1 fully saturated rings. The van der Waals surface area contributed by atoms with Crippen LogP contribution in [0.3, 0.4) is 0 Å². The Balaban J connectivity index is 1.27. The largest absolute Gasteiger partial charge is 0.497 e. The van der Waals surface area contributed by atoms with Gasteiger partial charge in [0.25, 0.3) is 5.91 Å². The number of benzene rings is 1. The van der Waals surface area contributed by atoms with Crippen LogP contribution in [-0.4, -0.2) is 40.8 Å². The van der Waals surface area contributed by atoms with Crippen molar-refractivity contribution in [2.45, 2.75) is 51.0 Å². The zero-order chi connectivity index (χ0) is 23.0. The van der Waals surface area contributed by atoms with Gasteiger partial charge in [0.15, 0.2) is 6.10 Å². The van der Waals surface area contributed by atoms with E-state index < -0.39 is 6.10 Å². The predicted octanol–water partition coefficient (Wildman–Crippen LogP) is 4.73. The Bertz CT molecular complexity index is 1030. The number of hydrogen-bond donors (Lipinski definition) is 2. The number of nitrogens with one attached hydrogen (secondary N) is 2. The number of H-pyrrole nitrogens is 1. The van der Waals surface area contributed by atoms with Gasteiger partial charge in [0.05, 0.1) is 13.3 Å². The van der Waals surface area contributed by atoms with Gasteiger partial charge in [-0.3, -0.25) is 14.9 Å². The van der Waals surface area contributed by atoms with Gasteiger partial charge in [0.2, 0.25) is 0 Å². The molecular weight excluding hydrogens is 416 g/mol. The van der Waals surface area contributed by atoms with Crippen LogP contribution >= 0.6 is 0 Å². The fourth-order valence-corrected chi connectivity index (χ4v) is 4.54. The van der Waals surface area contributed by atoms with Crippen LogP contribution in [0.1, 0.15) is 50.6 Å². The molecule has 1 amide bonds. The first-order valence-electron chi connectivity index (χ1n) is 11.7. The first kappa shape index (κ1) is 22.8. The monoisotopic (exact) mass is 448 g/mol. The standard InChI is InChI=1S/C26H32N4O3/c1-3-24(33-22-6-4-5-21(15-22)32-2)26(31)28-16-18-7-9-20(10-8-18)25-23(17-29-30-25)19-11-13-27-14-12-19/h4-6,11-15,17-18,20,24H,3,7-10,16H2,1-2H3,(H,28,31)(H,29,30)/t18?,20?,24-/m1/s1. The smallest absolute Gasteiger partial charge is 0.261 e. The Hall–Kier alpha value is -3.35. The van der Waals surface area contributed by atoms with Crippen LogP contribution in [-0.2, 0) is 4.79 Å². The third kappa shape index (κ3) is 5.72.